The highest BCUT2D eigenvalue weighted by atomic mass is 16.5. The van der Waals surface area contributed by atoms with Crippen LogP contribution in [0.1, 0.15) is 37.2 Å². The number of carbonyl (C=O) groups excluding carboxylic acids is 1. The highest BCUT2D eigenvalue weighted by molar-refractivity contribution is 5.91. The second-order valence-corrected chi connectivity index (χ2v) is 4.45. The van der Waals surface area contributed by atoms with Crippen molar-refractivity contribution < 1.29 is 9.53 Å². The van der Waals surface area contributed by atoms with Gasteiger partial charge in [0.05, 0.1) is 6.04 Å². The lowest BCUT2D eigenvalue weighted by Gasteiger charge is -2.37. The predicted octanol–water partition coefficient (Wildman–Crippen LogP) is 1.57. The lowest BCUT2D eigenvalue weighted by Crippen LogP contribution is -2.43. The minimum atomic E-state index is -0.527. The molecule has 0 saturated carbocycles. The molecule has 18 heavy (non-hydrogen) atoms. The van der Waals surface area contributed by atoms with Crippen molar-refractivity contribution in [3.8, 4) is 5.88 Å². The Morgan fingerprint density at radius 1 is 1.56 bits per heavy atom. The van der Waals surface area contributed by atoms with Crippen molar-refractivity contribution >= 4 is 11.6 Å². The summed E-state index contributed by atoms with van der Waals surface area (Å²) in [5.41, 5.74) is 6.43. The average Bonchev–Trinajstić information content (AvgIpc) is 2.38. The minimum absolute atomic E-state index is 0.250. The number of hydrogen-bond acceptors (Lipinski definition) is 4. The first-order chi connectivity index (χ1) is 8.67. The third-order valence-electron chi connectivity index (χ3n) is 3.19. The third-order valence-corrected chi connectivity index (χ3v) is 3.19. The van der Waals surface area contributed by atoms with Crippen molar-refractivity contribution in [2.24, 2.45) is 5.73 Å². The van der Waals surface area contributed by atoms with Crippen molar-refractivity contribution in [1.82, 2.24) is 4.98 Å². The molecule has 0 bridgehead atoms. The van der Waals surface area contributed by atoms with Gasteiger partial charge in [-0.25, -0.2) is 4.98 Å². The van der Waals surface area contributed by atoms with Gasteiger partial charge in [-0.05, 0) is 25.0 Å². The van der Waals surface area contributed by atoms with Gasteiger partial charge in [-0.3, -0.25) is 4.79 Å². The molecule has 1 atom stereocenters. The van der Waals surface area contributed by atoms with Crippen LogP contribution in [-0.4, -0.2) is 30.1 Å². The van der Waals surface area contributed by atoms with E-state index < -0.39 is 5.91 Å². The van der Waals surface area contributed by atoms with Crippen molar-refractivity contribution in [2.75, 3.05) is 18.1 Å². The summed E-state index contributed by atoms with van der Waals surface area (Å²) in [5.74, 6) is -0.00879. The second-order valence-electron chi connectivity index (χ2n) is 4.45. The van der Waals surface area contributed by atoms with E-state index in [1.54, 1.807) is 6.07 Å². The molecule has 1 unspecified atom stereocenters. The normalized spacial score (nSPS) is 18.1. The first-order valence-corrected chi connectivity index (χ1v) is 6.37. The lowest BCUT2D eigenvalue weighted by molar-refractivity contribution is 0.0994. The summed E-state index contributed by atoms with van der Waals surface area (Å²) in [6, 6.07) is 3.91. The smallest absolute Gasteiger partial charge is 0.267 e. The molecule has 0 saturated heterocycles. The summed E-state index contributed by atoms with van der Waals surface area (Å²) in [7, 11) is 0. The van der Waals surface area contributed by atoms with Crippen LogP contribution in [0.2, 0.25) is 0 Å². The van der Waals surface area contributed by atoms with Crippen LogP contribution < -0.4 is 15.4 Å². The first kappa shape index (κ1) is 12.7. The number of pyridine rings is 1. The Bertz CT molecular complexity index is 448. The maximum Gasteiger partial charge on any atom is 0.267 e. The molecule has 98 valence electrons. The Morgan fingerprint density at radius 3 is 2.94 bits per heavy atom. The maximum absolute atomic E-state index is 11.1. The van der Waals surface area contributed by atoms with Crippen LogP contribution >= 0.6 is 0 Å². The Morgan fingerprint density at radius 2 is 2.33 bits per heavy atom. The molecule has 1 aliphatic rings. The molecule has 0 radical (unpaired) electrons. The minimum Gasteiger partial charge on any atom is -0.474 e. The Hall–Kier alpha value is -1.78. The number of fused-ring (bicyclic) bond motifs is 1. The van der Waals surface area contributed by atoms with Gasteiger partial charge >= 0.3 is 0 Å². The molecule has 1 aliphatic heterocycles. The zero-order valence-electron chi connectivity index (χ0n) is 10.8. The van der Waals surface area contributed by atoms with Gasteiger partial charge in [-0.15, -0.1) is 0 Å². The predicted molar refractivity (Wildman–Crippen MR) is 70.0 cm³/mol. The number of primary amides is 1. The van der Waals surface area contributed by atoms with Gasteiger partial charge in [0.2, 0.25) is 5.88 Å². The summed E-state index contributed by atoms with van der Waals surface area (Å²) >= 11 is 0. The number of nitrogens with two attached hydrogens (primary N) is 1. The van der Waals surface area contributed by atoms with E-state index in [9.17, 15) is 4.79 Å². The molecule has 1 amide bonds. The van der Waals surface area contributed by atoms with Gasteiger partial charge in [0.15, 0.2) is 0 Å². The lowest BCUT2D eigenvalue weighted by atomic mass is 10.1. The summed E-state index contributed by atoms with van der Waals surface area (Å²) in [5, 5.41) is 0. The molecule has 0 aromatic carbocycles. The van der Waals surface area contributed by atoms with Gasteiger partial charge in [0, 0.05) is 6.54 Å². The van der Waals surface area contributed by atoms with Gasteiger partial charge in [-0.2, -0.15) is 0 Å². The highest BCUT2D eigenvalue weighted by Crippen LogP contribution is 2.33. The molecule has 5 heteroatoms. The molecule has 2 N–H and O–H groups in total. The number of aromatic nitrogens is 1. The van der Waals surface area contributed by atoms with Gasteiger partial charge in [-0.1, -0.05) is 13.8 Å². The Labute approximate surface area is 107 Å². The Kier molecular flexibility index (Phi) is 3.69. The van der Waals surface area contributed by atoms with E-state index in [1.807, 2.05) is 6.07 Å². The van der Waals surface area contributed by atoms with Crippen LogP contribution in [-0.2, 0) is 0 Å². The van der Waals surface area contributed by atoms with Crippen LogP contribution in [0.25, 0.3) is 0 Å². The monoisotopic (exact) mass is 249 g/mol. The fraction of sp³-hybridized carbons (Fsp3) is 0.538. The molecule has 2 heterocycles. The van der Waals surface area contributed by atoms with Crippen molar-refractivity contribution in [3.63, 3.8) is 0 Å². The number of amides is 1. The standard InChI is InChI=1S/C13H19N3O2/c1-3-7-16-9(4-2)8-18-13-11(16)6-5-10(15-13)12(14)17/h5-6,9H,3-4,7-8H2,1-2H3,(H2,14,17). The van der Waals surface area contributed by atoms with Crippen molar-refractivity contribution in [1.29, 1.82) is 0 Å². The van der Waals surface area contributed by atoms with Crippen LogP contribution in [0, 0.1) is 0 Å². The number of hydrogen-bond donors (Lipinski definition) is 1. The molecular weight excluding hydrogens is 230 g/mol. The summed E-state index contributed by atoms with van der Waals surface area (Å²) < 4.78 is 5.63. The second kappa shape index (κ2) is 5.25. The number of rotatable bonds is 4. The van der Waals surface area contributed by atoms with E-state index in [-0.39, 0.29) is 5.69 Å². The topological polar surface area (TPSA) is 68.5 Å². The van der Waals surface area contributed by atoms with E-state index in [1.165, 1.54) is 0 Å². The van der Waals surface area contributed by atoms with Gasteiger partial charge in [0.1, 0.15) is 18.0 Å². The van der Waals surface area contributed by atoms with Crippen LogP contribution in [0.15, 0.2) is 12.1 Å². The number of anilines is 1. The fourth-order valence-corrected chi connectivity index (χ4v) is 2.24. The van der Waals surface area contributed by atoms with E-state index >= 15 is 0 Å². The van der Waals surface area contributed by atoms with Crippen LogP contribution in [0.3, 0.4) is 0 Å². The van der Waals surface area contributed by atoms with Gasteiger partial charge in [0.25, 0.3) is 5.91 Å². The largest absolute Gasteiger partial charge is 0.474 e. The van der Waals surface area contributed by atoms with E-state index in [4.69, 9.17) is 10.5 Å². The zero-order valence-corrected chi connectivity index (χ0v) is 10.8. The van der Waals surface area contributed by atoms with Gasteiger partial charge < -0.3 is 15.4 Å². The first-order valence-electron chi connectivity index (χ1n) is 6.37. The molecule has 5 nitrogen and oxygen atoms in total. The average molecular weight is 249 g/mol. The van der Waals surface area contributed by atoms with E-state index in [0.29, 0.717) is 18.5 Å². The molecule has 1 aromatic rings. The molecule has 1 aromatic heterocycles. The van der Waals surface area contributed by atoms with Crippen LogP contribution in [0.5, 0.6) is 5.88 Å². The third kappa shape index (κ3) is 2.25. The molecule has 0 spiro atoms. The molecular formula is C13H19N3O2. The number of carbonyl (C=O) groups is 1. The summed E-state index contributed by atoms with van der Waals surface area (Å²) in [6.45, 7) is 5.87. The zero-order chi connectivity index (χ0) is 13.1. The van der Waals surface area contributed by atoms with E-state index in [2.05, 4.69) is 23.7 Å². The summed E-state index contributed by atoms with van der Waals surface area (Å²) in [4.78, 5) is 17.6. The number of ether oxygens (including phenoxy) is 1. The fourth-order valence-electron chi connectivity index (χ4n) is 2.24. The Balaban J connectivity index is 2.36. The maximum atomic E-state index is 11.1. The SMILES string of the molecule is CCCN1c2ccc(C(N)=O)nc2OCC1CC. The quantitative estimate of drug-likeness (QED) is 0.879. The van der Waals surface area contributed by atoms with Crippen molar-refractivity contribution in [3.05, 3.63) is 17.8 Å². The molecule has 2 rings (SSSR count). The van der Waals surface area contributed by atoms with Crippen LogP contribution in [0.4, 0.5) is 5.69 Å². The molecule has 0 aliphatic carbocycles. The highest BCUT2D eigenvalue weighted by Gasteiger charge is 2.27. The summed E-state index contributed by atoms with van der Waals surface area (Å²) in [6.07, 6.45) is 2.09. The number of nitrogens with zero attached hydrogens (tertiary/aromatic N) is 2. The molecule has 0 fully saturated rings. The van der Waals surface area contributed by atoms with Crippen molar-refractivity contribution in [2.45, 2.75) is 32.7 Å². The van der Waals surface area contributed by atoms with E-state index in [0.717, 1.165) is 25.1 Å².